The van der Waals surface area contributed by atoms with E-state index in [1.165, 1.54) is 6.26 Å². The van der Waals surface area contributed by atoms with E-state index in [0.717, 1.165) is 0 Å². The first-order valence-corrected chi connectivity index (χ1v) is 7.36. The van der Waals surface area contributed by atoms with Crippen LogP contribution in [0.3, 0.4) is 0 Å². The standard InChI is InChI=1S/C17H21NO4/c1-3-21-15-8-5-4-7-13(15)17(20)18-12(2)11-14(19)16-9-6-10-22-16/h4-10,12,14,19H,3,11H2,1-2H3,(H,18,20)/t12-,14-/m0/s1. The molecule has 0 aliphatic heterocycles. The van der Waals surface area contributed by atoms with Gasteiger partial charge in [0.2, 0.25) is 0 Å². The molecule has 0 saturated heterocycles. The lowest BCUT2D eigenvalue weighted by atomic mass is 10.1. The highest BCUT2D eigenvalue weighted by Gasteiger charge is 2.18. The Morgan fingerprint density at radius 1 is 1.32 bits per heavy atom. The van der Waals surface area contributed by atoms with Crippen LogP contribution >= 0.6 is 0 Å². The molecule has 0 spiro atoms. The summed E-state index contributed by atoms with van der Waals surface area (Å²) in [4.78, 5) is 12.3. The highest BCUT2D eigenvalue weighted by molar-refractivity contribution is 5.97. The summed E-state index contributed by atoms with van der Waals surface area (Å²) in [6.07, 6.45) is 1.14. The number of benzene rings is 1. The van der Waals surface area contributed by atoms with Crippen molar-refractivity contribution < 1.29 is 19.1 Å². The maximum Gasteiger partial charge on any atom is 0.255 e. The van der Waals surface area contributed by atoms with Gasteiger partial charge in [0.25, 0.3) is 5.91 Å². The summed E-state index contributed by atoms with van der Waals surface area (Å²) < 4.78 is 10.6. The number of para-hydroxylation sites is 1. The van der Waals surface area contributed by atoms with E-state index in [2.05, 4.69) is 5.32 Å². The van der Waals surface area contributed by atoms with Gasteiger partial charge >= 0.3 is 0 Å². The molecule has 22 heavy (non-hydrogen) atoms. The number of rotatable bonds is 7. The van der Waals surface area contributed by atoms with Gasteiger partial charge in [-0.2, -0.15) is 0 Å². The Hall–Kier alpha value is -2.27. The molecular weight excluding hydrogens is 282 g/mol. The van der Waals surface area contributed by atoms with Gasteiger partial charge in [-0.1, -0.05) is 12.1 Å². The predicted molar refractivity (Wildman–Crippen MR) is 82.8 cm³/mol. The van der Waals surface area contributed by atoms with Crippen molar-refractivity contribution in [1.82, 2.24) is 5.32 Å². The van der Waals surface area contributed by atoms with Crippen LogP contribution in [0.1, 0.15) is 42.5 Å². The van der Waals surface area contributed by atoms with Crippen LogP contribution in [0.5, 0.6) is 5.75 Å². The monoisotopic (exact) mass is 303 g/mol. The maximum atomic E-state index is 12.3. The summed E-state index contributed by atoms with van der Waals surface area (Å²) in [5.41, 5.74) is 0.490. The van der Waals surface area contributed by atoms with E-state index < -0.39 is 6.10 Å². The summed E-state index contributed by atoms with van der Waals surface area (Å²) >= 11 is 0. The summed E-state index contributed by atoms with van der Waals surface area (Å²) in [6.45, 7) is 4.21. The van der Waals surface area contributed by atoms with E-state index in [-0.39, 0.29) is 11.9 Å². The molecule has 118 valence electrons. The Labute approximate surface area is 129 Å². The number of hydrogen-bond acceptors (Lipinski definition) is 4. The number of aliphatic hydroxyl groups is 1. The molecule has 2 rings (SSSR count). The van der Waals surface area contributed by atoms with Gasteiger partial charge in [0, 0.05) is 12.5 Å². The number of nitrogens with one attached hydrogen (secondary N) is 1. The molecular formula is C17H21NO4. The van der Waals surface area contributed by atoms with Crippen molar-refractivity contribution in [3.05, 3.63) is 54.0 Å². The second kappa shape index (κ2) is 7.66. The van der Waals surface area contributed by atoms with Gasteiger partial charge in [0.05, 0.1) is 18.4 Å². The second-order valence-corrected chi connectivity index (χ2v) is 5.07. The van der Waals surface area contributed by atoms with Crippen molar-refractivity contribution in [2.75, 3.05) is 6.61 Å². The van der Waals surface area contributed by atoms with Crippen molar-refractivity contribution in [2.45, 2.75) is 32.4 Å². The van der Waals surface area contributed by atoms with E-state index >= 15 is 0 Å². The number of carbonyl (C=O) groups excluding carboxylic acids is 1. The first-order valence-electron chi connectivity index (χ1n) is 7.36. The minimum absolute atomic E-state index is 0.206. The van der Waals surface area contributed by atoms with Crippen LogP contribution < -0.4 is 10.1 Å². The summed E-state index contributed by atoms with van der Waals surface area (Å²) in [5, 5.41) is 12.9. The molecule has 0 radical (unpaired) electrons. The van der Waals surface area contributed by atoms with E-state index in [4.69, 9.17) is 9.15 Å². The molecule has 0 bridgehead atoms. The van der Waals surface area contributed by atoms with Crippen molar-refractivity contribution in [3.8, 4) is 5.75 Å². The maximum absolute atomic E-state index is 12.3. The van der Waals surface area contributed by atoms with Crippen LogP contribution in [0.2, 0.25) is 0 Å². The summed E-state index contributed by atoms with van der Waals surface area (Å²) in [6, 6.07) is 10.3. The fourth-order valence-corrected chi connectivity index (χ4v) is 2.23. The molecule has 1 heterocycles. The zero-order valence-electron chi connectivity index (χ0n) is 12.8. The van der Waals surface area contributed by atoms with Gasteiger partial charge in [-0.05, 0) is 38.1 Å². The molecule has 0 fully saturated rings. The van der Waals surface area contributed by atoms with Crippen LogP contribution in [0.4, 0.5) is 0 Å². The van der Waals surface area contributed by atoms with Gasteiger partial charge in [-0.15, -0.1) is 0 Å². The Kier molecular flexibility index (Phi) is 5.61. The smallest absolute Gasteiger partial charge is 0.255 e. The number of hydrogen-bond donors (Lipinski definition) is 2. The van der Waals surface area contributed by atoms with Crippen molar-refractivity contribution in [2.24, 2.45) is 0 Å². The molecule has 0 aliphatic carbocycles. The van der Waals surface area contributed by atoms with Gasteiger partial charge < -0.3 is 19.6 Å². The van der Waals surface area contributed by atoms with Crippen molar-refractivity contribution in [1.29, 1.82) is 0 Å². The SMILES string of the molecule is CCOc1ccccc1C(=O)N[C@@H](C)C[C@H](O)c1ccco1. The average molecular weight is 303 g/mol. The predicted octanol–water partition coefficient (Wildman–Crippen LogP) is 2.92. The Balaban J connectivity index is 1.96. The third-order valence-electron chi connectivity index (χ3n) is 3.26. The zero-order valence-corrected chi connectivity index (χ0v) is 12.8. The molecule has 1 amide bonds. The molecule has 0 saturated carbocycles. The molecule has 0 aliphatic rings. The fourth-order valence-electron chi connectivity index (χ4n) is 2.23. The normalized spacial score (nSPS) is 13.4. The van der Waals surface area contributed by atoms with Crippen LogP contribution in [-0.4, -0.2) is 23.7 Å². The lowest BCUT2D eigenvalue weighted by Gasteiger charge is -2.17. The van der Waals surface area contributed by atoms with Gasteiger partial charge in [0.1, 0.15) is 17.6 Å². The minimum Gasteiger partial charge on any atom is -0.493 e. The van der Waals surface area contributed by atoms with Crippen LogP contribution in [0, 0.1) is 0 Å². The fraction of sp³-hybridized carbons (Fsp3) is 0.353. The quantitative estimate of drug-likeness (QED) is 0.825. The van der Waals surface area contributed by atoms with Crippen LogP contribution in [-0.2, 0) is 0 Å². The lowest BCUT2D eigenvalue weighted by Crippen LogP contribution is -2.34. The largest absolute Gasteiger partial charge is 0.493 e. The van der Waals surface area contributed by atoms with E-state index in [0.29, 0.717) is 30.1 Å². The van der Waals surface area contributed by atoms with Crippen molar-refractivity contribution >= 4 is 5.91 Å². The zero-order chi connectivity index (χ0) is 15.9. The highest BCUT2D eigenvalue weighted by atomic mass is 16.5. The van der Waals surface area contributed by atoms with E-state index in [1.54, 1.807) is 30.3 Å². The third kappa shape index (κ3) is 4.11. The number of amides is 1. The molecule has 2 N–H and O–H groups in total. The van der Waals surface area contributed by atoms with Crippen molar-refractivity contribution in [3.63, 3.8) is 0 Å². The molecule has 0 unspecified atom stereocenters. The molecule has 2 aromatic rings. The Morgan fingerprint density at radius 2 is 2.09 bits per heavy atom. The molecule has 1 aromatic heterocycles. The molecule has 5 nitrogen and oxygen atoms in total. The van der Waals surface area contributed by atoms with Crippen LogP contribution in [0.25, 0.3) is 0 Å². The first kappa shape index (κ1) is 16.1. The molecule has 5 heteroatoms. The molecule has 2 atom stereocenters. The highest BCUT2D eigenvalue weighted by Crippen LogP contribution is 2.20. The second-order valence-electron chi connectivity index (χ2n) is 5.07. The summed E-state index contributed by atoms with van der Waals surface area (Å²) in [7, 11) is 0. The number of furan rings is 1. The van der Waals surface area contributed by atoms with Gasteiger partial charge in [-0.25, -0.2) is 0 Å². The number of aliphatic hydroxyl groups excluding tert-OH is 1. The topological polar surface area (TPSA) is 71.7 Å². The van der Waals surface area contributed by atoms with E-state index in [1.807, 2.05) is 19.9 Å². The van der Waals surface area contributed by atoms with E-state index in [9.17, 15) is 9.90 Å². The first-order chi connectivity index (χ1) is 10.6. The Morgan fingerprint density at radius 3 is 2.77 bits per heavy atom. The van der Waals surface area contributed by atoms with Gasteiger partial charge in [0.15, 0.2) is 0 Å². The Bertz CT molecular complexity index is 594. The third-order valence-corrected chi connectivity index (χ3v) is 3.26. The number of carbonyl (C=O) groups is 1. The minimum atomic E-state index is -0.743. The summed E-state index contributed by atoms with van der Waals surface area (Å²) in [5.74, 6) is 0.834. The van der Waals surface area contributed by atoms with Crippen LogP contribution in [0.15, 0.2) is 47.1 Å². The number of ether oxygens (including phenoxy) is 1. The lowest BCUT2D eigenvalue weighted by molar-refractivity contribution is 0.0899. The molecule has 1 aromatic carbocycles. The average Bonchev–Trinajstić information content (AvgIpc) is 3.02. The van der Waals surface area contributed by atoms with Gasteiger partial charge in [-0.3, -0.25) is 4.79 Å².